The van der Waals surface area contributed by atoms with Crippen LogP contribution in [0.3, 0.4) is 0 Å². The van der Waals surface area contributed by atoms with E-state index >= 15 is 0 Å². The number of amides is 3. The molecule has 0 spiro atoms. The summed E-state index contributed by atoms with van der Waals surface area (Å²) in [6.45, 7) is 4.11. The summed E-state index contributed by atoms with van der Waals surface area (Å²) in [5.74, 6) is -1.18. The summed E-state index contributed by atoms with van der Waals surface area (Å²) in [4.78, 5) is 51.3. The molecule has 9 heteroatoms. The van der Waals surface area contributed by atoms with Gasteiger partial charge in [-0.2, -0.15) is 5.10 Å². The van der Waals surface area contributed by atoms with Crippen molar-refractivity contribution in [3.05, 3.63) is 28.2 Å². The van der Waals surface area contributed by atoms with Gasteiger partial charge in [0.05, 0.1) is 11.6 Å². The minimum atomic E-state index is -0.512. The number of carbonyl (C=O) groups excluding carboxylic acids is 3. The van der Waals surface area contributed by atoms with Crippen LogP contribution in [-0.4, -0.2) is 70.5 Å². The number of nitrogens with zero attached hydrogens (tertiary/aromatic N) is 4. The van der Waals surface area contributed by atoms with Gasteiger partial charge in [0.1, 0.15) is 6.54 Å². The molecule has 25 heavy (non-hydrogen) atoms. The van der Waals surface area contributed by atoms with Gasteiger partial charge >= 0.3 is 0 Å². The molecular weight excluding hydrogens is 326 g/mol. The van der Waals surface area contributed by atoms with Crippen LogP contribution in [0.15, 0.2) is 16.9 Å². The van der Waals surface area contributed by atoms with E-state index in [0.717, 1.165) is 4.68 Å². The molecule has 0 aromatic carbocycles. The molecule has 1 aliphatic heterocycles. The van der Waals surface area contributed by atoms with E-state index in [1.807, 2.05) is 0 Å². The first-order valence-electron chi connectivity index (χ1n) is 8.11. The smallest absolute Gasteiger partial charge is 0.267 e. The van der Waals surface area contributed by atoms with E-state index in [0.29, 0.717) is 18.8 Å². The van der Waals surface area contributed by atoms with Gasteiger partial charge in [0.2, 0.25) is 17.7 Å². The Morgan fingerprint density at radius 2 is 1.84 bits per heavy atom. The van der Waals surface area contributed by atoms with E-state index in [1.54, 1.807) is 17.9 Å². The lowest BCUT2D eigenvalue weighted by atomic mass is 10.1. The van der Waals surface area contributed by atoms with Gasteiger partial charge in [-0.25, -0.2) is 4.68 Å². The normalized spacial score (nSPS) is 17.8. The van der Waals surface area contributed by atoms with Crippen molar-refractivity contribution in [2.75, 3.05) is 33.2 Å². The Kier molecular flexibility index (Phi) is 5.89. The summed E-state index contributed by atoms with van der Waals surface area (Å²) < 4.78 is 1.11. The highest BCUT2D eigenvalue weighted by Gasteiger charge is 2.30. The lowest BCUT2D eigenvalue weighted by Crippen LogP contribution is -2.43. The van der Waals surface area contributed by atoms with Gasteiger partial charge in [0.15, 0.2) is 0 Å². The van der Waals surface area contributed by atoms with Crippen LogP contribution in [-0.2, 0) is 20.9 Å². The Morgan fingerprint density at radius 3 is 2.48 bits per heavy atom. The van der Waals surface area contributed by atoms with Crippen molar-refractivity contribution in [3.63, 3.8) is 0 Å². The van der Waals surface area contributed by atoms with Crippen molar-refractivity contribution in [1.82, 2.24) is 24.9 Å². The topological polar surface area (TPSA) is 105 Å². The molecule has 0 bridgehead atoms. The zero-order chi connectivity index (χ0) is 18.6. The number of nitrogens with one attached hydrogen (secondary N) is 1. The molecule has 0 unspecified atom stereocenters. The van der Waals surface area contributed by atoms with Crippen LogP contribution >= 0.6 is 0 Å². The molecule has 1 fully saturated rings. The summed E-state index contributed by atoms with van der Waals surface area (Å²) in [6.07, 6.45) is 0. The third-order valence-corrected chi connectivity index (χ3v) is 4.22. The van der Waals surface area contributed by atoms with Crippen LogP contribution in [0.25, 0.3) is 0 Å². The van der Waals surface area contributed by atoms with Crippen LogP contribution in [0.5, 0.6) is 0 Å². The second-order valence-corrected chi connectivity index (χ2v) is 6.09. The molecule has 1 aromatic rings. The number of hydrogen-bond donors (Lipinski definition) is 1. The number of carbonyl (C=O) groups is 3. The second kappa shape index (κ2) is 7.91. The highest BCUT2D eigenvalue weighted by atomic mass is 16.2. The first-order valence-corrected chi connectivity index (χ1v) is 8.11. The molecule has 0 saturated carbocycles. The van der Waals surface area contributed by atoms with Gasteiger partial charge in [-0.1, -0.05) is 0 Å². The Hall–Kier alpha value is -2.71. The Bertz CT molecular complexity index is 729. The fraction of sp³-hybridized carbons (Fsp3) is 0.562. The van der Waals surface area contributed by atoms with Crippen LogP contribution in [0.4, 0.5) is 0 Å². The third-order valence-electron chi connectivity index (χ3n) is 4.22. The molecule has 1 atom stereocenters. The first kappa shape index (κ1) is 18.6. The number of aromatic nitrogens is 2. The molecule has 1 aromatic heterocycles. The molecule has 136 valence electrons. The van der Waals surface area contributed by atoms with E-state index < -0.39 is 5.92 Å². The van der Waals surface area contributed by atoms with Crippen molar-refractivity contribution >= 4 is 17.7 Å². The average molecular weight is 349 g/mol. The van der Waals surface area contributed by atoms with Gasteiger partial charge < -0.3 is 15.1 Å². The summed E-state index contributed by atoms with van der Waals surface area (Å²) in [6, 6.07) is 2.95. The van der Waals surface area contributed by atoms with E-state index in [2.05, 4.69) is 10.4 Å². The van der Waals surface area contributed by atoms with E-state index in [4.69, 9.17) is 0 Å². The van der Waals surface area contributed by atoms with Crippen LogP contribution in [0.1, 0.15) is 12.6 Å². The maximum Gasteiger partial charge on any atom is 0.267 e. The largest absolute Gasteiger partial charge is 0.359 e. The maximum absolute atomic E-state index is 12.6. The molecule has 3 amide bonds. The van der Waals surface area contributed by atoms with Crippen molar-refractivity contribution in [2.24, 2.45) is 5.92 Å². The standard InChI is InChI=1S/C16H23N5O4/c1-11-4-5-14(23)21(18-11)10-15(24)20-7-6-19(12(2)22)8-13(9-20)16(25)17-3/h4-5,13H,6-10H2,1-3H3,(H,17,25)/t13-/m1/s1. The lowest BCUT2D eigenvalue weighted by Gasteiger charge is -2.23. The summed E-state index contributed by atoms with van der Waals surface area (Å²) in [5, 5.41) is 6.62. The van der Waals surface area contributed by atoms with Crippen LogP contribution < -0.4 is 10.9 Å². The van der Waals surface area contributed by atoms with E-state index in [1.165, 1.54) is 24.9 Å². The zero-order valence-corrected chi connectivity index (χ0v) is 14.7. The van der Waals surface area contributed by atoms with Crippen molar-refractivity contribution < 1.29 is 14.4 Å². The molecule has 0 radical (unpaired) electrons. The molecular formula is C16H23N5O4. The van der Waals surface area contributed by atoms with Crippen molar-refractivity contribution in [2.45, 2.75) is 20.4 Å². The van der Waals surface area contributed by atoms with E-state index in [-0.39, 0.29) is 42.9 Å². The first-order chi connectivity index (χ1) is 11.8. The minimum absolute atomic E-state index is 0.139. The SMILES string of the molecule is CNC(=O)[C@@H]1CN(C(C)=O)CCN(C(=O)Cn2nc(C)ccc2=O)C1. The highest BCUT2D eigenvalue weighted by Crippen LogP contribution is 2.11. The van der Waals surface area contributed by atoms with Gasteiger partial charge in [-0.3, -0.25) is 19.2 Å². The summed E-state index contributed by atoms with van der Waals surface area (Å²) in [5.41, 5.74) is 0.274. The van der Waals surface area contributed by atoms with Crippen LogP contribution in [0.2, 0.25) is 0 Å². The minimum Gasteiger partial charge on any atom is -0.359 e. The van der Waals surface area contributed by atoms with Gasteiger partial charge in [-0.15, -0.1) is 0 Å². The highest BCUT2D eigenvalue weighted by molar-refractivity contribution is 5.82. The number of hydrogen-bond acceptors (Lipinski definition) is 5. The predicted octanol–water partition coefficient (Wildman–Crippen LogP) is -1.40. The van der Waals surface area contributed by atoms with Crippen molar-refractivity contribution in [3.8, 4) is 0 Å². The summed E-state index contributed by atoms with van der Waals surface area (Å²) in [7, 11) is 1.52. The monoisotopic (exact) mass is 349 g/mol. The Labute approximate surface area is 145 Å². The Morgan fingerprint density at radius 1 is 1.20 bits per heavy atom. The fourth-order valence-electron chi connectivity index (χ4n) is 2.79. The quantitative estimate of drug-likeness (QED) is 0.723. The molecule has 9 nitrogen and oxygen atoms in total. The summed E-state index contributed by atoms with van der Waals surface area (Å²) >= 11 is 0. The van der Waals surface area contributed by atoms with Gasteiger partial charge in [-0.05, 0) is 13.0 Å². The third kappa shape index (κ3) is 4.65. The number of rotatable bonds is 3. The molecule has 0 aliphatic carbocycles. The molecule has 2 rings (SSSR count). The average Bonchev–Trinajstić information content (AvgIpc) is 2.80. The predicted molar refractivity (Wildman–Crippen MR) is 89.6 cm³/mol. The Balaban J connectivity index is 2.17. The molecule has 1 saturated heterocycles. The van der Waals surface area contributed by atoms with Gasteiger partial charge in [0, 0.05) is 46.2 Å². The fourth-order valence-corrected chi connectivity index (χ4v) is 2.79. The van der Waals surface area contributed by atoms with Crippen LogP contribution in [0, 0.1) is 12.8 Å². The van der Waals surface area contributed by atoms with Gasteiger partial charge in [0.25, 0.3) is 5.56 Å². The number of aryl methyl sites for hydroxylation is 1. The molecule has 1 aliphatic rings. The maximum atomic E-state index is 12.6. The zero-order valence-electron chi connectivity index (χ0n) is 14.7. The lowest BCUT2D eigenvalue weighted by molar-refractivity contribution is -0.133. The van der Waals surface area contributed by atoms with E-state index in [9.17, 15) is 19.2 Å². The van der Waals surface area contributed by atoms with Crippen molar-refractivity contribution in [1.29, 1.82) is 0 Å². The molecule has 2 heterocycles. The second-order valence-electron chi connectivity index (χ2n) is 6.09. The molecule has 1 N–H and O–H groups in total.